The molecule has 0 bridgehead atoms. The molecular formula is C21H22BrN3O4. The Labute approximate surface area is 176 Å². The van der Waals surface area contributed by atoms with Crippen LogP contribution in [0.3, 0.4) is 0 Å². The van der Waals surface area contributed by atoms with Crippen LogP contribution in [0.4, 0.5) is 5.82 Å². The summed E-state index contributed by atoms with van der Waals surface area (Å²) < 4.78 is 5.84. The lowest BCUT2D eigenvalue weighted by molar-refractivity contribution is -0.147. The number of esters is 1. The fourth-order valence-electron chi connectivity index (χ4n) is 2.89. The molecule has 7 nitrogen and oxygen atoms in total. The summed E-state index contributed by atoms with van der Waals surface area (Å²) in [4.78, 5) is 20.8. The van der Waals surface area contributed by atoms with Crippen molar-refractivity contribution >= 4 is 38.6 Å². The summed E-state index contributed by atoms with van der Waals surface area (Å²) in [5, 5.41) is 18.8. The van der Waals surface area contributed by atoms with Crippen LogP contribution in [-0.4, -0.2) is 45.5 Å². The molecule has 0 saturated carbocycles. The van der Waals surface area contributed by atoms with Crippen molar-refractivity contribution in [3.05, 3.63) is 63.9 Å². The van der Waals surface area contributed by atoms with E-state index < -0.39 is 18.7 Å². The fourth-order valence-corrected chi connectivity index (χ4v) is 3.25. The normalized spacial score (nSPS) is 12.1. The molecule has 29 heavy (non-hydrogen) atoms. The number of ether oxygens (including phenoxy) is 1. The van der Waals surface area contributed by atoms with E-state index in [1.807, 2.05) is 42.5 Å². The first kappa shape index (κ1) is 21.2. The lowest BCUT2D eigenvalue weighted by Crippen LogP contribution is -2.22. The molecule has 8 heteroatoms. The summed E-state index contributed by atoms with van der Waals surface area (Å²) in [5.41, 5.74) is 8.89. The van der Waals surface area contributed by atoms with Crippen molar-refractivity contribution in [1.29, 1.82) is 0 Å². The van der Waals surface area contributed by atoms with E-state index in [9.17, 15) is 9.90 Å². The predicted molar refractivity (Wildman–Crippen MR) is 113 cm³/mol. The topological polar surface area (TPSA) is 119 Å². The molecule has 0 spiro atoms. The van der Waals surface area contributed by atoms with E-state index in [2.05, 4.69) is 25.9 Å². The molecule has 3 aromatic rings. The largest absolute Gasteiger partial charge is 0.463 e. The van der Waals surface area contributed by atoms with E-state index in [1.54, 1.807) is 0 Å². The summed E-state index contributed by atoms with van der Waals surface area (Å²) in [7, 11) is 0. The van der Waals surface area contributed by atoms with E-state index in [-0.39, 0.29) is 13.0 Å². The summed E-state index contributed by atoms with van der Waals surface area (Å²) in [6.45, 7) is -0.638. The van der Waals surface area contributed by atoms with Gasteiger partial charge in [-0.05, 0) is 35.7 Å². The first-order valence-corrected chi connectivity index (χ1v) is 9.98. The molecule has 1 atom stereocenters. The van der Waals surface area contributed by atoms with Crippen LogP contribution in [0.15, 0.2) is 46.9 Å². The smallest absolute Gasteiger partial charge is 0.306 e. The molecule has 0 aliphatic rings. The Kier molecular flexibility index (Phi) is 7.13. The number of hydrogen-bond acceptors (Lipinski definition) is 7. The fraction of sp³-hybridized carbons (Fsp3) is 0.286. The standard InChI is InChI=1S/C21H22BrN3O4/c22-15-5-6-18-17(10-15)21(23)25-19(24-18)9-14-3-1-2-13(8-14)4-7-20(28)29-12-16(27)11-26/h1-3,5-6,8,10,16,26-27H,4,7,9,11-12H2,(H2,23,24,25). The third kappa shape index (κ3) is 5.96. The van der Waals surface area contributed by atoms with Gasteiger partial charge in [-0.15, -0.1) is 0 Å². The van der Waals surface area contributed by atoms with Crippen molar-refractivity contribution in [3.63, 3.8) is 0 Å². The first-order valence-electron chi connectivity index (χ1n) is 9.18. The lowest BCUT2D eigenvalue weighted by atomic mass is 10.0. The van der Waals surface area contributed by atoms with Gasteiger partial charge in [-0.2, -0.15) is 0 Å². The average Bonchev–Trinajstić information content (AvgIpc) is 2.71. The van der Waals surface area contributed by atoms with E-state index in [0.717, 1.165) is 26.5 Å². The van der Waals surface area contributed by atoms with E-state index >= 15 is 0 Å². The van der Waals surface area contributed by atoms with Gasteiger partial charge in [0, 0.05) is 22.7 Å². The number of aliphatic hydroxyl groups is 2. The highest BCUT2D eigenvalue weighted by molar-refractivity contribution is 9.10. The van der Waals surface area contributed by atoms with Gasteiger partial charge in [-0.3, -0.25) is 4.79 Å². The van der Waals surface area contributed by atoms with Crippen molar-refractivity contribution in [2.24, 2.45) is 0 Å². The van der Waals surface area contributed by atoms with Crippen molar-refractivity contribution in [1.82, 2.24) is 9.97 Å². The van der Waals surface area contributed by atoms with Crippen LogP contribution >= 0.6 is 15.9 Å². The predicted octanol–water partition coefficient (Wildman–Crippen LogP) is 2.39. The van der Waals surface area contributed by atoms with Crippen molar-refractivity contribution in [3.8, 4) is 0 Å². The SMILES string of the molecule is Nc1nc(Cc2cccc(CCC(=O)OCC(O)CO)c2)nc2ccc(Br)cc12. The molecule has 152 valence electrons. The Morgan fingerprint density at radius 2 is 1.97 bits per heavy atom. The second kappa shape index (κ2) is 9.78. The average molecular weight is 460 g/mol. The lowest BCUT2D eigenvalue weighted by Gasteiger charge is -2.09. The second-order valence-electron chi connectivity index (χ2n) is 6.70. The number of nitrogen functional groups attached to an aromatic ring is 1. The summed E-state index contributed by atoms with van der Waals surface area (Å²) in [5.74, 6) is 0.654. The molecule has 1 heterocycles. The molecule has 0 aliphatic carbocycles. The van der Waals surface area contributed by atoms with E-state index in [1.165, 1.54) is 0 Å². The minimum Gasteiger partial charge on any atom is -0.463 e. The zero-order chi connectivity index (χ0) is 20.8. The second-order valence-corrected chi connectivity index (χ2v) is 7.62. The summed E-state index contributed by atoms with van der Waals surface area (Å²) in [6, 6.07) is 13.5. The zero-order valence-corrected chi connectivity index (χ0v) is 17.3. The molecule has 4 N–H and O–H groups in total. The maximum atomic E-state index is 11.7. The number of rotatable bonds is 8. The highest BCUT2D eigenvalue weighted by Gasteiger charge is 2.10. The first-order chi connectivity index (χ1) is 13.9. The summed E-state index contributed by atoms with van der Waals surface area (Å²) in [6.07, 6.45) is 0.182. The van der Waals surface area contributed by atoms with Gasteiger partial charge in [0.1, 0.15) is 24.4 Å². The minimum atomic E-state index is -1.04. The van der Waals surface area contributed by atoms with Crippen LogP contribution in [0.2, 0.25) is 0 Å². The Morgan fingerprint density at radius 1 is 1.17 bits per heavy atom. The van der Waals surface area contributed by atoms with Gasteiger partial charge in [0.05, 0.1) is 12.1 Å². The Hall–Kier alpha value is -2.55. The molecule has 0 saturated heterocycles. The molecule has 1 aromatic heterocycles. The number of aliphatic hydroxyl groups excluding tert-OH is 2. The van der Waals surface area contributed by atoms with Crippen LogP contribution in [0, 0.1) is 0 Å². The van der Waals surface area contributed by atoms with Crippen molar-refractivity contribution in [2.45, 2.75) is 25.4 Å². The van der Waals surface area contributed by atoms with Gasteiger partial charge in [0.25, 0.3) is 0 Å². The van der Waals surface area contributed by atoms with E-state index in [0.29, 0.717) is 24.5 Å². The van der Waals surface area contributed by atoms with Crippen molar-refractivity contribution in [2.75, 3.05) is 18.9 Å². The van der Waals surface area contributed by atoms with Gasteiger partial charge in [0.2, 0.25) is 0 Å². The number of fused-ring (bicyclic) bond motifs is 1. The number of anilines is 1. The molecule has 3 rings (SSSR count). The number of carbonyl (C=O) groups is 1. The molecular weight excluding hydrogens is 438 g/mol. The van der Waals surface area contributed by atoms with Crippen molar-refractivity contribution < 1.29 is 19.7 Å². The van der Waals surface area contributed by atoms with E-state index in [4.69, 9.17) is 15.6 Å². The van der Waals surface area contributed by atoms with Crippen LogP contribution in [0.25, 0.3) is 10.9 Å². The Balaban J connectivity index is 1.65. The Bertz CT molecular complexity index is 1010. The number of halogens is 1. The third-order valence-corrected chi connectivity index (χ3v) is 4.85. The van der Waals surface area contributed by atoms with Crippen LogP contribution < -0.4 is 5.73 Å². The zero-order valence-electron chi connectivity index (χ0n) is 15.7. The molecule has 1 unspecified atom stereocenters. The number of nitrogens with zero attached hydrogens (tertiary/aromatic N) is 2. The third-order valence-electron chi connectivity index (χ3n) is 4.35. The number of carbonyl (C=O) groups excluding carboxylic acids is 1. The molecule has 2 aromatic carbocycles. The molecule has 0 amide bonds. The Morgan fingerprint density at radius 3 is 2.76 bits per heavy atom. The minimum absolute atomic E-state index is 0.190. The highest BCUT2D eigenvalue weighted by Crippen LogP contribution is 2.23. The molecule has 0 radical (unpaired) electrons. The van der Waals surface area contributed by atoms with Gasteiger partial charge >= 0.3 is 5.97 Å². The summed E-state index contributed by atoms with van der Waals surface area (Å²) >= 11 is 3.42. The monoisotopic (exact) mass is 459 g/mol. The molecule has 0 aliphatic heterocycles. The van der Waals surface area contributed by atoms with Crippen LogP contribution in [-0.2, 0) is 22.4 Å². The number of aryl methyl sites for hydroxylation is 1. The maximum absolute atomic E-state index is 11.7. The number of aromatic nitrogens is 2. The van der Waals surface area contributed by atoms with Crippen LogP contribution in [0.1, 0.15) is 23.4 Å². The number of benzene rings is 2. The quantitative estimate of drug-likeness (QED) is 0.442. The van der Waals surface area contributed by atoms with Gasteiger partial charge in [0.15, 0.2) is 0 Å². The molecule has 0 fully saturated rings. The van der Waals surface area contributed by atoms with Gasteiger partial charge in [-0.1, -0.05) is 40.2 Å². The highest BCUT2D eigenvalue weighted by atomic mass is 79.9. The maximum Gasteiger partial charge on any atom is 0.306 e. The van der Waals surface area contributed by atoms with Gasteiger partial charge in [-0.25, -0.2) is 9.97 Å². The number of nitrogens with two attached hydrogens (primary N) is 1. The van der Waals surface area contributed by atoms with Crippen LogP contribution in [0.5, 0.6) is 0 Å². The van der Waals surface area contributed by atoms with Gasteiger partial charge < -0.3 is 20.7 Å². The number of hydrogen-bond donors (Lipinski definition) is 3.